The van der Waals surface area contributed by atoms with E-state index in [9.17, 15) is 20.0 Å². The maximum Gasteiger partial charge on any atom is 0.407 e. The Labute approximate surface area is 249 Å². The molecular formula is C33H33N5O5. The van der Waals surface area contributed by atoms with Gasteiger partial charge in [0, 0.05) is 30.6 Å². The van der Waals surface area contributed by atoms with E-state index in [1.54, 1.807) is 0 Å². The van der Waals surface area contributed by atoms with Gasteiger partial charge in [0.15, 0.2) is 0 Å². The summed E-state index contributed by atoms with van der Waals surface area (Å²) in [6.45, 7) is 7.12. The van der Waals surface area contributed by atoms with Crippen LogP contribution in [-0.4, -0.2) is 64.3 Å². The lowest BCUT2D eigenvalue weighted by atomic mass is 9.89. The van der Waals surface area contributed by atoms with Gasteiger partial charge in [-0.25, -0.2) is 14.8 Å². The van der Waals surface area contributed by atoms with Gasteiger partial charge in [0.05, 0.1) is 41.5 Å². The number of esters is 1. The highest BCUT2D eigenvalue weighted by Crippen LogP contribution is 2.46. The Morgan fingerprint density at radius 1 is 1.12 bits per heavy atom. The van der Waals surface area contributed by atoms with Crippen LogP contribution in [0.1, 0.15) is 39.2 Å². The van der Waals surface area contributed by atoms with Crippen LogP contribution in [0.3, 0.4) is 0 Å². The number of carbonyl (C=O) groups excluding carboxylic acids is 1. The Morgan fingerprint density at radius 2 is 1.91 bits per heavy atom. The van der Waals surface area contributed by atoms with Crippen LogP contribution >= 0.6 is 0 Å². The number of rotatable bonds is 4. The van der Waals surface area contributed by atoms with Crippen LogP contribution in [0, 0.1) is 16.7 Å². The Kier molecular flexibility index (Phi) is 7.26. The molecule has 10 nitrogen and oxygen atoms in total. The number of aromatic nitrogens is 2. The average Bonchev–Trinajstić information content (AvgIpc) is 3.00. The van der Waals surface area contributed by atoms with Crippen molar-refractivity contribution in [1.29, 1.82) is 5.26 Å². The highest BCUT2D eigenvalue weighted by Gasteiger charge is 2.33. The highest BCUT2D eigenvalue weighted by molar-refractivity contribution is 6.06. The van der Waals surface area contributed by atoms with Gasteiger partial charge in [-0.3, -0.25) is 4.79 Å². The highest BCUT2D eigenvalue weighted by atomic mass is 16.5. The summed E-state index contributed by atoms with van der Waals surface area (Å²) in [5.74, 6) is 1.63. The summed E-state index contributed by atoms with van der Waals surface area (Å²) in [4.78, 5) is 37.2. The maximum atomic E-state index is 12.7. The molecule has 3 heterocycles. The van der Waals surface area contributed by atoms with E-state index >= 15 is 0 Å². The van der Waals surface area contributed by atoms with Crippen molar-refractivity contribution < 1.29 is 24.2 Å². The smallest absolute Gasteiger partial charge is 0.407 e. The number of nitrogens with zero attached hydrogens (tertiary/aromatic N) is 5. The van der Waals surface area contributed by atoms with Crippen LogP contribution in [0.15, 0.2) is 48.8 Å². The molecule has 1 saturated heterocycles. The number of hydrogen-bond donors (Lipinski definition) is 1. The molecule has 1 unspecified atom stereocenters. The number of benzene rings is 3. The van der Waals surface area contributed by atoms with Crippen LogP contribution in [0.4, 0.5) is 10.6 Å². The van der Waals surface area contributed by atoms with E-state index in [2.05, 4.69) is 22.1 Å². The average molecular weight is 580 g/mol. The summed E-state index contributed by atoms with van der Waals surface area (Å²) in [6.07, 6.45) is 2.25. The van der Waals surface area contributed by atoms with Crippen LogP contribution in [0.2, 0.25) is 0 Å². The summed E-state index contributed by atoms with van der Waals surface area (Å²) in [5.41, 5.74) is 3.11. The summed E-state index contributed by atoms with van der Waals surface area (Å²) in [5, 5.41) is 21.6. The lowest BCUT2D eigenvalue weighted by Crippen LogP contribution is -2.55. The molecule has 1 aromatic heterocycles. The first kappa shape index (κ1) is 28.2. The van der Waals surface area contributed by atoms with E-state index in [4.69, 9.17) is 9.47 Å². The second-order valence-electron chi connectivity index (χ2n) is 12.0. The normalized spacial score (nSPS) is 16.8. The molecule has 1 fully saturated rings. The van der Waals surface area contributed by atoms with Crippen molar-refractivity contribution in [3.05, 3.63) is 54.4 Å². The lowest BCUT2D eigenvalue weighted by molar-refractivity contribution is -0.142. The van der Waals surface area contributed by atoms with E-state index < -0.39 is 17.6 Å². The molecule has 43 heavy (non-hydrogen) atoms. The summed E-state index contributed by atoms with van der Waals surface area (Å²) in [7, 11) is 0. The summed E-state index contributed by atoms with van der Waals surface area (Å²) < 4.78 is 12.2. The first-order valence-corrected chi connectivity index (χ1v) is 14.5. The number of anilines is 1. The monoisotopic (exact) mass is 579 g/mol. The number of hydrogen-bond acceptors (Lipinski definition) is 8. The van der Waals surface area contributed by atoms with Crippen molar-refractivity contribution in [2.45, 2.75) is 46.1 Å². The van der Waals surface area contributed by atoms with Crippen molar-refractivity contribution in [1.82, 2.24) is 14.9 Å². The molecule has 2 aliphatic rings. The molecule has 1 amide bonds. The summed E-state index contributed by atoms with van der Waals surface area (Å²) in [6, 6.07) is 15.5. The molecule has 4 aromatic rings. The lowest BCUT2D eigenvalue weighted by Gasteiger charge is -2.40. The molecule has 0 bridgehead atoms. The SMILES string of the molecule is CC(C)(C)C(=O)Oc1ccc(-c2cc3ncnc(N4CCN(C(=O)O)C(CC#N)C4)c3c3c2CCCO3)c2ccccc12. The van der Waals surface area contributed by atoms with Crippen LogP contribution in [-0.2, 0) is 11.2 Å². The van der Waals surface area contributed by atoms with Crippen molar-refractivity contribution in [3.8, 4) is 28.7 Å². The molecule has 3 aromatic carbocycles. The first-order valence-electron chi connectivity index (χ1n) is 14.5. The minimum atomic E-state index is -1.02. The van der Waals surface area contributed by atoms with Crippen LogP contribution in [0.5, 0.6) is 11.5 Å². The number of carboxylic acid groups (broad SMARTS) is 1. The van der Waals surface area contributed by atoms with Crippen molar-refractivity contribution in [3.63, 3.8) is 0 Å². The Morgan fingerprint density at radius 3 is 2.65 bits per heavy atom. The number of ether oxygens (including phenoxy) is 2. The van der Waals surface area contributed by atoms with E-state index in [0.29, 0.717) is 36.8 Å². The minimum Gasteiger partial charge on any atom is -0.492 e. The van der Waals surface area contributed by atoms with E-state index in [-0.39, 0.29) is 18.9 Å². The van der Waals surface area contributed by atoms with Gasteiger partial charge >= 0.3 is 12.1 Å². The second kappa shape index (κ2) is 11.1. The third-order valence-electron chi connectivity index (χ3n) is 8.13. The number of carbonyl (C=O) groups is 2. The number of nitriles is 1. The fraction of sp³-hybridized carbons (Fsp3) is 0.364. The zero-order valence-corrected chi connectivity index (χ0v) is 24.5. The largest absolute Gasteiger partial charge is 0.492 e. The van der Waals surface area contributed by atoms with Gasteiger partial charge in [-0.1, -0.05) is 30.3 Å². The third kappa shape index (κ3) is 5.16. The molecule has 0 aliphatic carbocycles. The first-order chi connectivity index (χ1) is 20.7. The molecule has 0 spiro atoms. The molecule has 1 atom stereocenters. The number of amides is 1. The Balaban J connectivity index is 1.48. The molecule has 10 heteroatoms. The number of fused-ring (bicyclic) bond motifs is 4. The van der Waals surface area contributed by atoms with Crippen molar-refractivity contribution in [2.24, 2.45) is 5.41 Å². The van der Waals surface area contributed by atoms with Crippen molar-refractivity contribution in [2.75, 3.05) is 31.1 Å². The quantitative estimate of drug-likeness (QED) is 0.235. The third-order valence-corrected chi connectivity index (χ3v) is 8.13. The maximum absolute atomic E-state index is 12.7. The zero-order chi connectivity index (χ0) is 30.3. The minimum absolute atomic E-state index is 0.0959. The van der Waals surface area contributed by atoms with Gasteiger partial charge < -0.3 is 24.4 Å². The molecule has 6 rings (SSSR count). The second-order valence-corrected chi connectivity index (χ2v) is 12.0. The van der Waals surface area contributed by atoms with Gasteiger partial charge in [0.1, 0.15) is 23.6 Å². The Bertz CT molecular complexity index is 1790. The number of piperazine rings is 1. The molecule has 2 aliphatic heterocycles. The molecular weight excluding hydrogens is 546 g/mol. The van der Waals surface area contributed by atoms with Gasteiger partial charge in [0.2, 0.25) is 0 Å². The van der Waals surface area contributed by atoms with Gasteiger partial charge in [-0.15, -0.1) is 0 Å². The predicted octanol–water partition coefficient (Wildman–Crippen LogP) is 5.81. The zero-order valence-electron chi connectivity index (χ0n) is 24.5. The topological polar surface area (TPSA) is 129 Å². The van der Waals surface area contributed by atoms with Crippen LogP contribution < -0.4 is 14.4 Å². The standard InChI is InChI=1S/C33H33N5O5/c1-33(2,3)31(39)43-27-11-10-22(21-7-4-5-8-23(21)27)25-17-26-28(29-24(25)9-6-16-42-29)30(36-19-35-26)37-14-15-38(32(40)41)20(18-37)12-13-34/h4-5,7-8,10-11,17,19-20H,6,9,12,14-16,18H2,1-3H3,(H,40,41). The van der Waals surface area contributed by atoms with Gasteiger partial charge in [-0.2, -0.15) is 5.26 Å². The van der Waals surface area contributed by atoms with Gasteiger partial charge in [-0.05, 0) is 62.3 Å². The van der Waals surface area contributed by atoms with E-state index in [1.807, 2.05) is 62.1 Å². The molecule has 1 N–H and O–H groups in total. The fourth-order valence-electron chi connectivity index (χ4n) is 5.95. The predicted molar refractivity (Wildman–Crippen MR) is 162 cm³/mol. The fourth-order valence-corrected chi connectivity index (χ4v) is 5.95. The molecule has 220 valence electrons. The summed E-state index contributed by atoms with van der Waals surface area (Å²) >= 11 is 0. The molecule has 0 radical (unpaired) electrons. The molecule has 0 saturated carbocycles. The van der Waals surface area contributed by atoms with E-state index in [1.165, 1.54) is 11.2 Å². The van der Waals surface area contributed by atoms with E-state index in [0.717, 1.165) is 51.4 Å². The van der Waals surface area contributed by atoms with Gasteiger partial charge in [0.25, 0.3) is 0 Å². The van der Waals surface area contributed by atoms with Crippen LogP contribution in [0.25, 0.3) is 32.8 Å². The van der Waals surface area contributed by atoms with Crippen molar-refractivity contribution >= 4 is 39.6 Å². The Hall–Kier alpha value is -4.91.